The molecule has 20 heavy (non-hydrogen) atoms. The number of rotatable bonds is 7. The van der Waals surface area contributed by atoms with E-state index in [9.17, 15) is 0 Å². The van der Waals surface area contributed by atoms with Crippen molar-refractivity contribution in [3.8, 4) is 0 Å². The van der Waals surface area contributed by atoms with Crippen LogP contribution >= 0.6 is 0 Å². The molecule has 118 valence electrons. The molecule has 0 aliphatic carbocycles. The topological polar surface area (TPSA) is 29.3 Å². The molecule has 0 amide bonds. The van der Waals surface area contributed by atoms with E-state index < -0.39 is 0 Å². The summed E-state index contributed by atoms with van der Waals surface area (Å²) in [5.74, 6) is 1.58. The Bertz CT molecular complexity index is 299. The van der Waals surface area contributed by atoms with Gasteiger partial charge in [0.1, 0.15) is 0 Å². The van der Waals surface area contributed by atoms with Crippen LogP contribution < -0.4 is 5.73 Å². The molecule has 2 N–H and O–H groups in total. The minimum Gasteiger partial charge on any atom is -0.330 e. The highest BCUT2D eigenvalue weighted by Crippen LogP contribution is 2.30. The highest BCUT2D eigenvalue weighted by molar-refractivity contribution is 5.14. The van der Waals surface area contributed by atoms with E-state index in [0.717, 1.165) is 24.9 Å². The van der Waals surface area contributed by atoms with Gasteiger partial charge in [0, 0.05) is 13.1 Å². The Morgan fingerprint density at radius 1 is 1.25 bits per heavy atom. The van der Waals surface area contributed by atoms with Gasteiger partial charge in [-0.15, -0.1) is 0 Å². The van der Waals surface area contributed by atoms with Crippen molar-refractivity contribution < 1.29 is 0 Å². The first-order valence-electron chi connectivity index (χ1n) is 8.46. The zero-order valence-electron chi connectivity index (χ0n) is 14.4. The first kappa shape index (κ1) is 17.7. The molecule has 0 aromatic carbocycles. The fraction of sp³-hybridized carbons (Fsp3) is 0.889. The van der Waals surface area contributed by atoms with Crippen molar-refractivity contribution in [2.24, 2.45) is 23.0 Å². The summed E-state index contributed by atoms with van der Waals surface area (Å²) in [5, 5.41) is 0. The lowest BCUT2D eigenvalue weighted by Gasteiger charge is -2.32. The van der Waals surface area contributed by atoms with E-state index in [2.05, 4.69) is 45.6 Å². The largest absolute Gasteiger partial charge is 0.330 e. The van der Waals surface area contributed by atoms with Crippen molar-refractivity contribution in [1.29, 1.82) is 0 Å². The molecule has 0 saturated heterocycles. The van der Waals surface area contributed by atoms with Crippen LogP contribution in [0.5, 0.6) is 0 Å². The number of hydrogen-bond donors (Lipinski definition) is 1. The van der Waals surface area contributed by atoms with E-state index in [4.69, 9.17) is 5.73 Å². The van der Waals surface area contributed by atoms with Gasteiger partial charge < -0.3 is 5.73 Å². The van der Waals surface area contributed by atoms with E-state index in [1.54, 1.807) is 5.57 Å². The number of nitrogens with zero attached hydrogens (tertiary/aromatic N) is 1. The van der Waals surface area contributed by atoms with Crippen LogP contribution in [-0.4, -0.2) is 31.1 Å². The molecule has 0 fully saturated rings. The second-order valence-electron chi connectivity index (χ2n) is 7.75. The van der Waals surface area contributed by atoms with Crippen LogP contribution in [0.1, 0.15) is 60.3 Å². The van der Waals surface area contributed by atoms with Crippen molar-refractivity contribution in [2.45, 2.75) is 60.3 Å². The molecule has 1 atom stereocenters. The lowest BCUT2D eigenvalue weighted by molar-refractivity contribution is 0.252. The van der Waals surface area contributed by atoms with Gasteiger partial charge in [0.25, 0.3) is 0 Å². The Kier molecular flexibility index (Phi) is 7.25. The SMILES string of the molecule is CC(C)C(CCN)CCCN1CC=C(C(C)(C)C)CC1. The molecule has 0 aromatic rings. The first-order valence-corrected chi connectivity index (χ1v) is 8.46. The maximum Gasteiger partial charge on any atom is 0.0166 e. The smallest absolute Gasteiger partial charge is 0.0166 e. The average molecular weight is 281 g/mol. The average Bonchev–Trinajstić information content (AvgIpc) is 2.37. The molecule has 1 heterocycles. The number of nitrogens with two attached hydrogens (primary N) is 1. The Hall–Kier alpha value is -0.340. The van der Waals surface area contributed by atoms with Crippen LogP contribution in [-0.2, 0) is 0 Å². The van der Waals surface area contributed by atoms with E-state index in [0.29, 0.717) is 5.41 Å². The first-order chi connectivity index (χ1) is 9.34. The molecule has 2 heteroatoms. The molecule has 2 nitrogen and oxygen atoms in total. The molecular formula is C18H36N2. The molecule has 0 bridgehead atoms. The minimum absolute atomic E-state index is 0.357. The molecule has 0 radical (unpaired) electrons. The van der Waals surface area contributed by atoms with Crippen LogP contribution in [0, 0.1) is 17.3 Å². The Balaban J connectivity index is 2.29. The molecule has 0 saturated carbocycles. The van der Waals surface area contributed by atoms with Gasteiger partial charge in [-0.25, -0.2) is 0 Å². The maximum absolute atomic E-state index is 5.72. The van der Waals surface area contributed by atoms with E-state index >= 15 is 0 Å². The predicted octanol–water partition coefficient (Wildman–Crippen LogP) is 4.07. The maximum atomic E-state index is 5.72. The normalized spacial score (nSPS) is 19.2. The number of hydrogen-bond acceptors (Lipinski definition) is 2. The van der Waals surface area contributed by atoms with Gasteiger partial charge in [0.05, 0.1) is 0 Å². The van der Waals surface area contributed by atoms with Crippen LogP contribution in [0.3, 0.4) is 0 Å². The summed E-state index contributed by atoms with van der Waals surface area (Å²) in [6.45, 7) is 16.1. The van der Waals surface area contributed by atoms with E-state index in [1.165, 1.54) is 38.8 Å². The zero-order chi connectivity index (χ0) is 15.2. The zero-order valence-corrected chi connectivity index (χ0v) is 14.4. The van der Waals surface area contributed by atoms with Gasteiger partial charge in [-0.3, -0.25) is 4.90 Å². The summed E-state index contributed by atoms with van der Waals surface area (Å²) in [6.07, 6.45) is 7.55. The summed E-state index contributed by atoms with van der Waals surface area (Å²) in [5.41, 5.74) is 7.71. The van der Waals surface area contributed by atoms with E-state index in [1.807, 2.05) is 0 Å². The molecule has 1 aliphatic heterocycles. The summed E-state index contributed by atoms with van der Waals surface area (Å²) in [4.78, 5) is 2.61. The third-order valence-corrected chi connectivity index (χ3v) is 4.79. The summed E-state index contributed by atoms with van der Waals surface area (Å²) < 4.78 is 0. The minimum atomic E-state index is 0.357. The quantitative estimate of drug-likeness (QED) is 0.712. The predicted molar refractivity (Wildman–Crippen MR) is 89.8 cm³/mol. The van der Waals surface area contributed by atoms with Gasteiger partial charge in [-0.2, -0.15) is 0 Å². The van der Waals surface area contributed by atoms with Crippen molar-refractivity contribution in [3.63, 3.8) is 0 Å². The van der Waals surface area contributed by atoms with Gasteiger partial charge in [-0.05, 0) is 56.0 Å². The molecular weight excluding hydrogens is 244 g/mol. The Morgan fingerprint density at radius 3 is 2.40 bits per heavy atom. The molecule has 1 rings (SSSR count). The third-order valence-electron chi connectivity index (χ3n) is 4.79. The van der Waals surface area contributed by atoms with Crippen LogP contribution in [0.15, 0.2) is 11.6 Å². The van der Waals surface area contributed by atoms with Crippen LogP contribution in [0.25, 0.3) is 0 Å². The molecule has 1 aliphatic rings. The van der Waals surface area contributed by atoms with Crippen molar-refractivity contribution in [3.05, 3.63) is 11.6 Å². The lowest BCUT2D eigenvalue weighted by atomic mass is 9.83. The Morgan fingerprint density at radius 2 is 1.95 bits per heavy atom. The monoisotopic (exact) mass is 280 g/mol. The highest BCUT2D eigenvalue weighted by atomic mass is 15.1. The van der Waals surface area contributed by atoms with Crippen LogP contribution in [0.2, 0.25) is 0 Å². The van der Waals surface area contributed by atoms with Crippen molar-refractivity contribution in [1.82, 2.24) is 4.90 Å². The van der Waals surface area contributed by atoms with Gasteiger partial charge in [0.15, 0.2) is 0 Å². The lowest BCUT2D eigenvalue weighted by Crippen LogP contribution is -2.32. The summed E-state index contributed by atoms with van der Waals surface area (Å²) in [7, 11) is 0. The second-order valence-corrected chi connectivity index (χ2v) is 7.75. The Labute approximate surface area is 126 Å². The fourth-order valence-corrected chi connectivity index (χ4v) is 3.20. The van der Waals surface area contributed by atoms with Gasteiger partial charge >= 0.3 is 0 Å². The second kappa shape index (κ2) is 8.19. The standard InChI is InChI=1S/C18H36N2/c1-15(2)16(8-11-19)7-6-12-20-13-9-17(10-14-20)18(3,4)5/h9,15-16H,6-8,10-14,19H2,1-5H3. The van der Waals surface area contributed by atoms with Gasteiger partial charge in [0.2, 0.25) is 0 Å². The van der Waals surface area contributed by atoms with Gasteiger partial charge in [-0.1, -0.05) is 46.3 Å². The van der Waals surface area contributed by atoms with Crippen molar-refractivity contribution in [2.75, 3.05) is 26.2 Å². The highest BCUT2D eigenvalue weighted by Gasteiger charge is 2.21. The van der Waals surface area contributed by atoms with Crippen molar-refractivity contribution >= 4 is 0 Å². The molecule has 0 aromatic heterocycles. The molecule has 0 spiro atoms. The molecule has 1 unspecified atom stereocenters. The fourth-order valence-electron chi connectivity index (χ4n) is 3.20. The summed E-state index contributed by atoms with van der Waals surface area (Å²) in [6, 6.07) is 0. The van der Waals surface area contributed by atoms with E-state index in [-0.39, 0.29) is 0 Å². The van der Waals surface area contributed by atoms with Crippen LogP contribution in [0.4, 0.5) is 0 Å². The third kappa shape index (κ3) is 5.97. The summed E-state index contributed by atoms with van der Waals surface area (Å²) >= 11 is 0.